The van der Waals surface area contributed by atoms with E-state index in [2.05, 4.69) is 57.0 Å². The number of benzene rings is 1. The van der Waals surface area contributed by atoms with Crippen LogP contribution < -0.4 is 49.1 Å². The largest absolute Gasteiger partial charge is 0.493 e. The average molecular weight is 2200 g/mol. The van der Waals surface area contributed by atoms with Crippen molar-refractivity contribution in [3.05, 3.63) is 168 Å². The molecule has 0 radical (unpaired) electrons. The minimum atomic E-state index is -5.62. The number of aliphatic hydroxyl groups is 1. The number of unbranched alkanes of at least 4 members (excludes halogenated alkanes) is 15. The highest BCUT2D eigenvalue weighted by molar-refractivity contribution is 7.49. The van der Waals surface area contributed by atoms with Gasteiger partial charge in [-0.3, -0.25) is 108 Å². The average Bonchev–Trinajstić information content (AvgIpc) is 1.56. The third-order valence-electron chi connectivity index (χ3n) is 27.1. The minimum absolute atomic E-state index is 0.0229. The zero-order valence-corrected chi connectivity index (χ0v) is 93.7. The first kappa shape index (κ1) is 122. The summed E-state index contributed by atoms with van der Waals surface area (Å²) in [5, 5.41) is 14.9. The Kier molecular flexibility index (Phi) is 44.7. The van der Waals surface area contributed by atoms with Gasteiger partial charge < -0.3 is 67.0 Å². The van der Waals surface area contributed by atoms with Crippen LogP contribution in [0.1, 0.15) is 262 Å². The van der Waals surface area contributed by atoms with Crippen LogP contribution in [-0.4, -0.2) is 232 Å². The number of Topliss-reactive ketones (excluding diaryl/α,β-unsaturated/α-hetero) is 1. The number of phosphoric ester groups is 3. The number of fused-ring (bicyclic) bond motifs is 1. The molecule has 4 fully saturated rings. The standard InChI is InChI=1S/C98H146N15O32P3Si2/c1-23-24-25-26-27-28-29-30-31-32-33-34-35-36-37-38-46-129-69-51-68(50-62(4)66(69)8)90(122)113-89(121)64(6)55-111(96(113)125)78-52-70(138-79(117)40-39-65(7)115)73(136-78)57-133-146(126,130-47-42-99-16)141-71-53-77(110-54-63(5)87(119)108-95(110)124)137-74(71)58-134-147(127,131-48-43-100-17)143-82-75(140-92(84(82)145-150(21,22)98(13,14)15)112-60-102-80-85(112)105-93(107-88(80)120)106-86(118)61(2)3)59-135-148(128,132-49-44-101-18)142-81-72(56-114)139-91(83(81)144-149(19,20)97(10,11)12)109-45-41-76(103-67(9)116)104-94(109)123/h41,45,50-51,54-55,60-61,70-75,77-78,81-84,91-92,114H,23-40,42-44,46-49,52-53,56-59H2,1-15,19-22H3,(H,108,119,124)(H,103,104,116,123)(H2,105,106,107,118,120)/t70?,71?,72-,73-,74-,75-,77-,78-,81?,82?,83+,84+,91-,92-,146?,147?,148?/m1/s1. The molecule has 6 aromatic rings. The SMILES string of the molecule is [C-]#[N+]CCOP(=O)(OC[C@H]1O[C@@H](n2cc(C)c(=O)n(C(=O)c3cc(C)c(C)c(OCCCCCCCCCCCCCCCCCC)c3)c2=O)CC1OC(=O)CCC(C)=O)OC1C[C@H](n2cc(C)c(=O)[nH]c2=O)O[C@@H]1COP(=O)(OCC[N+]#[C-])OC1[C@@H](COP(=O)(OCC[N+]#[C-])OC2[C@@H](CO)O[C@@H](n3ccc(NC(C)=O)nc3=O)[C@H]2O[Si](C)(C)C(C)(C)C)O[C@@H](n2cnc3c(=O)[nH]c(NC(=O)C(C)C)nc32)[C@H]1O[Si](C)(C)C(C)(C)C. The summed E-state index contributed by atoms with van der Waals surface area (Å²) in [5.41, 5.74) is -5.29. The minimum Gasteiger partial charge on any atom is -0.493 e. The van der Waals surface area contributed by atoms with Crippen molar-refractivity contribution in [2.45, 2.75) is 354 Å². The number of amides is 2. The fraction of sp³-hybridized carbons (Fsp3) is 0.684. The lowest BCUT2D eigenvalue weighted by atomic mass is 10.0. The van der Waals surface area contributed by atoms with Gasteiger partial charge in [-0.2, -0.15) is 14.5 Å². The van der Waals surface area contributed by atoms with Crippen molar-refractivity contribution in [1.29, 1.82) is 0 Å². The van der Waals surface area contributed by atoms with Crippen LogP contribution in [0.4, 0.5) is 11.8 Å². The lowest BCUT2D eigenvalue weighted by Crippen LogP contribution is -2.50. The molecule has 52 heteroatoms. The van der Waals surface area contributed by atoms with Crippen LogP contribution in [0.25, 0.3) is 25.7 Å². The molecule has 0 spiro atoms. The van der Waals surface area contributed by atoms with Crippen molar-refractivity contribution in [2.75, 3.05) is 83.1 Å². The van der Waals surface area contributed by atoms with Crippen molar-refractivity contribution in [3.63, 3.8) is 0 Å². The maximum atomic E-state index is 16.7. The van der Waals surface area contributed by atoms with E-state index >= 15 is 18.5 Å². The monoisotopic (exact) mass is 2190 g/mol. The molecule has 0 bridgehead atoms. The third kappa shape index (κ3) is 33.0. The molecule has 9 heterocycles. The summed E-state index contributed by atoms with van der Waals surface area (Å²) in [6.45, 7) is 48.8. The second-order valence-electron chi connectivity index (χ2n) is 41.2. The van der Waals surface area contributed by atoms with Gasteiger partial charge >= 0.3 is 46.5 Å². The molecule has 7 unspecified atom stereocenters. The molecule has 4 aliphatic rings. The maximum absolute atomic E-state index is 16.7. The quantitative estimate of drug-likeness (QED) is 0.00778. The number of hydrogen-bond acceptors (Lipinski definition) is 35. The fourth-order valence-corrected chi connectivity index (χ4v) is 23.3. The normalized spacial score (nSPS) is 22.3. The Morgan fingerprint density at radius 2 is 1.06 bits per heavy atom. The zero-order chi connectivity index (χ0) is 110. The van der Waals surface area contributed by atoms with Gasteiger partial charge in [-0.1, -0.05) is 159 Å². The number of ketones is 1. The summed E-state index contributed by atoms with van der Waals surface area (Å²) in [5.74, 6) is -4.21. The molecule has 0 aliphatic carbocycles. The van der Waals surface area contributed by atoms with Crippen LogP contribution in [0.5, 0.6) is 5.75 Å². The molecule has 0 saturated carbocycles. The van der Waals surface area contributed by atoms with E-state index < -0.39 is 285 Å². The second kappa shape index (κ2) is 54.9. The van der Waals surface area contributed by atoms with Gasteiger partial charge in [0.2, 0.25) is 37.4 Å². The van der Waals surface area contributed by atoms with E-state index in [-0.39, 0.29) is 51.8 Å². The van der Waals surface area contributed by atoms with E-state index in [1.54, 1.807) is 20.8 Å². The maximum Gasteiger partial charge on any atom is 0.475 e. The van der Waals surface area contributed by atoms with Crippen molar-refractivity contribution >= 4 is 92.5 Å². The fourth-order valence-electron chi connectivity index (χ4n) is 16.5. The van der Waals surface area contributed by atoms with E-state index in [1.165, 1.54) is 127 Å². The van der Waals surface area contributed by atoms with Crippen LogP contribution in [0.3, 0.4) is 0 Å². The molecule has 17 atom stereocenters. The summed E-state index contributed by atoms with van der Waals surface area (Å²) in [6.07, 6.45) is -1.42. The number of esters is 1. The Labute approximate surface area is 873 Å². The molecular weight excluding hydrogens is 2050 g/mol. The Bertz CT molecular complexity index is 6350. The van der Waals surface area contributed by atoms with Crippen LogP contribution in [0.15, 0.2) is 71.9 Å². The molecule has 10 rings (SSSR count). The van der Waals surface area contributed by atoms with Crippen molar-refractivity contribution in [1.82, 2.24) is 47.8 Å². The van der Waals surface area contributed by atoms with Crippen molar-refractivity contribution in [3.8, 4) is 5.75 Å². The number of anilines is 2. The number of phosphoric acid groups is 3. The lowest BCUT2D eigenvalue weighted by molar-refractivity contribution is -0.153. The number of nitrogens with one attached hydrogen (secondary N) is 4. The first-order chi connectivity index (χ1) is 70.8. The number of imidazole rings is 1. The molecule has 4 aliphatic heterocycles. The number of nitrogens with zero attached hydrogens (tertiary/aromatic N) is 11. The van der Waals surface area contributed by atoms with E-state index in [4.69, 9.17) is 97.7 Å². The number of aromatic amines is 2. The molecule has 2 amide bonds. The molecule has 4 saturated heterocycles. The molecule has 5 N–H and O–H groups in total. The number of aryl methyl sites for hydroxylation is 3. The first-order valence-corrected chi connectivity index (χ1v) is 61.1. The number of aromatic nitrogens is 10. The van der Waals surface area contributed by atoms with Gasteiger partial charge in [-0.25, -0.2) is 52.8 Å². The van der Waals surface area contributed by atoms with Gasteiger partial charge in [-0.15, -0.1) is 0 Å². The van der Waals surface area contributed by atoms with Crippen LogP contribution in [0.2, 0.25) is 36.3 Å². The van der Waals surface area contributed by atoms with E-state index in [0.29, 0.717) is 22.5 Å². The summed E-state index contributed by atoms with van der Waals surface area (Å²) < 4.78 is 163. The highest BCUT2D eigenvalue weighted by atomic mass is 31.2. The summed E-state index contributed by atoms with van der Waals surface area (Å²) in [6, 6.07) is 4.30. The van der Waals surface area contributed by atoms with Crippen molar-refractivity contribution in [2.24, 2.45) is 5.92 Å². The van der Waals surface area contributed by atoms with Crippen LogP contribution >= 0.6 is 23.5 Å². The second-order valence-corrected chi connectivity index (χ2v) is 55.6. The predicted octanol–water partition coefficient (Wildman–Crippen LogP) is 14.8. The smallest absolute Gasteiger partial charge is 0.475 e. The third-order valence-corrected chi connectivity index (χ3v) is 40.5. The van der Waals surface area contributed by atoms with Gasteiger partial charge in [0, 0.05) is 67.4 Å². The molecule has 1 aromatic carbocycles. The Morgan fingerprint density at radius 1 is 0.567 bits per heavy atom. The molecule has 47 nitrogen and oxygen atoms in total. The topological polar surface area (TPSA) is 548 Å². The number of carbonyl (C=O) groups excluding carboxylic acids is 5. The number of rotatable bonds is 59. The van der Waals surface area contributed by atoms with E-state index in [1.807, 2.05) is 74.7 Å². The number of aliphatic hydroxyl groups excluding tert-OH is 1. The number of H-pyrrole nitrogens is 2. The molecular formula is C98H146N15O32P3Si2. The number of hydrogen-bond donors (Lipinski definition) is 5. The highest BCUT2D eigenvalue weighted by Crippen LogP contribution is 2.60. The van der Waals surface area contributed by atoms with Gasteiger partial charge in [0.1, 0.15) is 111 Å². The van der Waals surface area contributed by atoms with Gasteiger partial charge in [0.25, 0.3) is 22.6 Å². The number of ether oxygens (including phenoxy) is 6. The summed E-state index contributed by atoms with van der Waals surface area (Å²) >= 11 is 0. The van der Waals surface area contributed by atoms with Crippen LogP contribution in [0, 0.1) is 53.3 Å². The zero-order valence-electron chi connectivity index (χ0n) is 89.0. The number of carbonyl (C=O) groups is 5. The summed E-state index contributed by atoms with van der Waals surface area (Å²) in [4.78, 5) is 179. The Balaban J connectivity index is 0.993. The predicted molar refractivity (Wildman–Crippen MR) is 554 cm³/mol. The van der Waals surface area contributed by atoms with Gasteiger partial charge in [-0.05, 0) is 107 Å². The van der Waals surface area contributed by atoms with Crippen LogP contribution in [-0.2, 0) is 106 Å². The van der Waals surface area contributed by atoms with Gasteiger partial charge in [0.15, 0.2) is 40.3 Å². The van der Waals surface area contributed by atoms with Gasteiger partial charge in [0.05, 0.1) is 45.8 Å². The lowest BCUT2D eigenvalue weighted by Gasteiger charge is -2.41. The van der Waals surface area contributed by atoms with Crippen molar-refractivity contribution < 1.29 is 121 Å². The highest BCUT2D eigenvalue weighted by Gasteiger charge is 2.59. The Hall–Kier alpha value is -9.69. The molecule has 828 valence electrons. The van der Waals surface area contributed by atoms with E-state index in [9.17, 15) is 53.1 Å². The molecule has 5 aromatic heterocycles. The Morgan fingerprint density at radius 3 is 1.57 bits per heavy atom. The first-order valence-electron chi connectivity index (χ1n) is 50.9. The summed E-state index contributed by atoms with van der Waals surface area (Å²) in [7, 11) is -23.0. The molecule has 150 heavy (non-hydrogen) atoms. The van der Waals surface area contributed by atoms with E-state index in [0.717, 1.165) is 70.1 Å².